The number of para-hydroxylation sites is 1. The van der Waals surface area contributed by atoms with Crippen LogP contribution in [-0.2, 0) is 0 Å². The van der Waals surface area contributed by atoms with Gasteiger partial charge in [0.25, 0.3) is 5.91 Å². The highest BCUT2D eigenvalue weighted by Crippen LogP contribution is 2.28. The van der Waals surface area contributed by atoms with Crippen molar-refractivity contribution in [3.63, 3.8) is 0 Å². The molecule has 1 N–H and O–H groups in total. The zero-order valence-corrected chi connectivity index (χ0v) is 15.6. The van der Waals surface area contributed by atoms with Crippen LogP contribution in [-0.4, -0.2) is 10.9 Å². The van der Waals surface area contributed by atoms with Crippen LogP contribution in [0, 0.1) is 13.8 Å². The van der Waals surface area contributed by atoms with E-state index >= 15 is 0 Å². The van der Waals surface area contributed by atoms with E-state index in [2.05, 4.69) is 16.4 Å². The molecule has 2 aromatic carbocycles. The number of carbonyl (C=O) groups excluding carboxylic acids is 1. The van der Waals surface area contributed by atoms with Crippen LogP contribution in [0.15, 0.2) is 63.3 Å². The van der Waals surface area contributed by atoms with Gasteiger partial charge in [-0.2, -0.15) is 0 Å². The number of aromatic nitrogens is 1. The third-order valence-electron chi connectivity index (χ3n) is 4.31. The predicted molar refractivity (Wildman–Crippen MR) is 107 cm³/mol. The number of anilines is 1. The fourth-order valence-corrected chi connectivity index (χ4v) is 3.66. The molecule has 0 aliphatic rings. The molecule has 2 aromatic heterocycles. The molecule has 0 saturated heterocycles. The zero-order chi connectivity index (χ0) is 19.0. The van der Waals surface area contributed by atoms with Gasteiger partial charge in [0.2, 0.25) is 5.43 Å². The topological polar surface area (TPSA) is 72.2 Å². The van der Waals surface area contributed by atoms with Crippen LogP contribution in [0.3, 0.4) is 0 Å². The van der Waals surface area contributed by atoms with Gasteiger partial charge in [-0.25, -0.2) is 4.98 Å². The highest BCUT2D eigenvalue weighted by atomic mass is 32.1. The summed E-state index contributed by atoms with van der Waals surface area (Å²) in [5.41, 5.74) is 4.15. The van der Waals surface area contributed by atoms with Crippen molar-refractivity contribution in [2.24, 2.45) is 0 Å². The standard InChI is InChI=1S/C21H16N2O3S/c1-12-7-8-14(13(2)9-12)17-11-27-21(22-17)23-20(25)16-10-26-18-6-4-3-5-15(18)19(16)24/h3-11H,1-2H3,(H,22,23,25). The number of fused-ring (bicyclic) bond motifs is 1. The first-order valence-electron chi connectivity index (χ1n) is 8.38. The Hall–Kier alpha value is -3.25. The molecule has 27 heavy (non-hydrogen) atoms. The lowest BCUT2D eigenvalue weighted by molar-refractivity contribution is 0.102. The summed E-state index contributed by atoms with van der Waals surface area (Å²) in [7, 11) is 0. The monoisotopic (exact) mass is 376 g/mol. The van der Waals surface area contributed by atoms with Crippen molar-refractivity contribution in [2.75, 3.05) is 5.32 Å². The molecular weight excluding hydrogens is 360 g/mol. The minimum absolute atomic E-state index is 0.0445. The van der Waals surface area contributed by atoms with Crippen molar-refractivity contribution in [1.82, 2.24) is 4.98 Å². The Kier molecular flexibility index (Phi) is 4.33. The van der Waals surface area contributed by atoms with Gasteiger partial charge < -0.3 is 4.42 Å². The molecule has 0 saturated carbocycles. The summed E-state index contributed by atoms with van der Waals surface area (Å²) >= 11 is 1.31. The van der Waals surface area contributed by atoms with Gasteiger partial charge in [-0.1, -0.05) is 35.9 Å². The molecule has 4 aromatic rings. The predicted octanol–water partition coefficient (Wildman–Crippen LogP) is 4.79. The summed E-state index contributed by atoms with van der Waals surface area (Å²) in [4.78, 5) is 29.5. The summed E-state index contributed by atoms with van der Waals surface area (Å²) < 4.78 is 5.41. The Bertz CT molecular complexity index is 1220. The highest BCUT2D eigenvalue weighted by molar-refractivity contribution is 7.14. The van der Waals surface area contributed by atoms with E-state index in [9.17, 15) is 9.59 Å². The van der Waals surface area contributed by atoms with Crippen LogP contribution in [0.25, 0.3) is 22.2 Å². The van der Waals surface area contributed by atoms with Crippen molar-refractivity contribution in [1.29, 1.82) is 0 Å². The second-order valence-corrected chi connectivity index (χ2v) is 7.14. The van der Waals surface area contributed by atoms with Crippen molar-refractivity contribution in [3.05, 3.63) is 81.0 Å². The first kappa shape index (κ1) is 17.2. The van der Waals surface area contributed by atoms with Gasteiger partial charge in [0, 0.05) is 10.9 Å². The van der Waals surface area contributed by atoms with E-state index in [1.165, 1.54) is 23.2 Å². The second kappa shape index (κ2) is 6.81. The van der Waals surface area contributed by atoms with Gasteiger partial charge in [0.05, 0.1) is 11.1 Å². The molecule has 134 valence electrons. The quantitative estimate of drug-likeness (QED) is 0.558. The molecule has 4 rings (SSSR count). The van der Waals surface area contributed by atoms with Crippen molar-refractivity contribution in [2.45, 2.75) is 13.8 Å². The Morgan fingerprint density at radius 1 is 1.15 bits per heavy atom. The molecule has 0 radical (unpaired) electrons. The molecule has 0 aliphatic carbocycles. The van der Waals surface area contributed by atoms with Gasteiger partial charge >= 0.3 is 0 Å². The number of thiazole rings is 1. The number of aryl methyl sites for hydroxylation is 2. The van der Waals surface area contributed by atoms with Gasteiger partial charge in [0.15, 0.2) is 5.13 Å². The Morgan fingerprint density at radius 2 is 1.96 bits per heavy atom. The largest absolute Gasteiger partial charge is 0.463 e. The molecule has 0 unspecified atom stereocenters. The Labute approximate surface area is 159 Å². The van der Waals surface area contributed by atoms with E-state index in [-0.39, 0.29) is 11.0 Å². The number of nitrogens with one attached hydrogen (secondary N) is 1. The normalized spacial score (nSPS) is 10.9. The van der Waals surface area contributed by atoms with Gasteiger partial charge in [0.1, 0.15) is 17.4 Å². The number of benzene rings is 2. The molecule has 0 atom stereocenters. The average Bonchev–Trinajstić information content (AvgIpc) is 3.10. The fraction of sp³-hybridized carbons (Fsp3) is 0.0952. The first-order chi connectivity index (χ1) is 13.0. The van der Waals surface area contributed by atoms with Gasteiger partial charge in [-0.3, -0.25) is 14.9 Å². The third kappa shape index (κ3) is 3.27. The van der Waals surface area contributed by atoms with Crippen LogP contribution < -0.4 is 10.7 Å². The van der Waals surface area contributed by atoms with Crippen molar-refractivity contribution >= 4 is 33.3 Å². The van der Waals surface area contributed by atoms with E-state index < -0.39 is 5.91 Å². The van der Waals surface area contributed by atoms with Crippen molar-refractivity contribution in [3.8, 4) is 11.3 Å². The van der Waals surface area contributed by atoms with Crippen LogP contribution in [0.1, 0.15) is 21.5 Å². The SMILES string of the molecule is Cc1ccc(-c2csc(NC(=O)c3coc4ccccc4c3=O)n2)c(C)c1. The number of hydrogen-bond acceptors (Lipinski definition) is 5. The summed E-state index contributed by atoms with van der Waals surface area (Å²) in [6, 6.07) is 13.0. The lowest BCUT2D eigenvalue weighted by Crippen LogP contribution is -2.21. The summed E-state index contributed by atoms with van der Waals surface area (Å²) in [6.45, 7) is 4.07. The van der Waals surface area contributed by atoms with Gasteiger partial charge in [-0.05, 0) is 31.5 Å². The first-order valence-corrected chi connectivity index (χ1v) is 9.26. The number of hydrogen-bond donors (Lipinski definition) is 1. The van der Waals surface area contributed by atoms with E-state index in [1.54, 1.807) is 24.3 Å². The summed E-state index contributed by atoms with van der Waals surface area (Å²) in [6.07, 6.45) is 1.19. The number of rotatable bonds is 3. The summed E-state index contributed by atoms with van der Waals surface area (Å²) in [5, 5.41) is 5.39. The number of carbonyl (C=O) groups is 1. The van der Waals surface area contributed by atoms with E-state index in [1.807, 2.05) is 31.4 Å². The van der Waals surface area contributed by atoms with E-state index in [0.29, 0.717) is 16.1 Å². The molecule has 2 heterocycles. The van der Waals surface area contributed by atoms with E-state index in [0.717, 1.165) is 16.8 Å². The number of amides is 1. The van der Waals surface area contributed by atoms with Crippen LogP contribution in [0.4, 0.5) is 5.13 Å². The maximum absolute atomic E-state index is 12.5. The maximum atomic E-state index is 12.5. The molecule has 0 spiro atoms. The average molecular weight is 376 g/mol. The minimum Gasteiger partial charge on any atom is -0.463 e. The molecular formula is C21H16N2O3S. The zero-order valence-electron chi connectivity index (χ0n) is 14.8. The number of nitrogens with zero attached hydrogens (tertiary/aromatic N) is 1. The van der Waals surface area contributed by atoms with Crippen LogP contribution in [0.5, 0.6) is 0 Å². The third-order valence-corrected chi connectivity index (χ3v) is 5.06. The minimum atomic E-state index is -0.531. The molecule has 1 amide bonds. The molecule has 6 heteroatoms. The summed E-state index contributed by atoms with van der Waals surface area (Å²) in [5.74, 6) is -0.531. The highest BCUT2D eigenvalue weighted by Gasteiger charge is 2.16. The fourth-order valence-electron chi connectivity index (χ4n) is 2.95. The lowest BCUT2D eigenvalue weighted by Gasteiger charge is -2.04. The Balaban J connectivity index is 1.62. The molecule has 0 aliphatic heterocycles. The lowest BCUT2D eigenvalue weighted by atomic mass is 10.0. The second-order valence-electron chi connectivity index (χ2n) is 6.29. The maximum Gasteiger partial charge on any atom is 0.264 e. The van der Waals surface area contributed by atoms with Crippen molar-refractivity contribution < 1.29 is 9.21 Å². The van der Waals surface area contributed by atoms with Crippen LogP contribution >= 0.6 is 11.3 Å². The van der Waals surface area contributed by atoms with Gasteiger partial charge in [-0.15, -0.1) is 11.3 Å². The van der Waals surface area contributed by atoms with E-state index in [4.69, 9.17) is 4.42 Å². The molecule has 5 nitrogen and oxygen atoms in total. The smallest absolute Gasteiger partial charge is 0.264 e. The Morgan fingerprint density at radius 3 is 2.78 bits per heavy atom. The molecule has 0 fully saturated rings. The molecule has 0 bridgehead atoms. The van der Waals surface area contributed by atoms with Crippen LogP contribution in [0.2, 0.25) is 0 Å².